The zero-order valence-corrected chi connectivity index (χ0v) is 20.0. The lowest BCUT2D eigenvalue weighted by Gasteiger charge is -2.07. The highest BCUT2D eigenvalue weighted by Crippen LogP contribution is 2.15. The highest BCUT2D eigenvalue weighted by Gasteiger charge is 2.00. The van der Waals surface area contributed by atoms with Gasteiger partial charge in [0.1, 0.15) is 0 Å². The number of hydrogen-bond acceptors (Lipinski definition) is 0. The summed E-state index contributed by atoms with van der Waals surface area (Å²) in [5, 5.41) is 2.92. The van der Waals surface area contributed by atoms with Crippen LogP contribution in [0, 0.1) is 0 Å². The molecule has 0 aliphatic rings. The first-order valence-electron chi connectivity index (χ1n) is 12.3. The zero-order valence-electron chi connectivity index (χ0n) is 19.0. The molecule has 2 rings (SSSR count). The van der Waals surface area contributed by atoms with Gasteiger partial charge in [-0.1, -0.05) is 135 Å². The van der Waals surface area contributed by atoms with Crippen LogP contribution in [0.1, 0.15) is 102 Å². The van der Waals surface area contributed by atoms with Gasteiger partial charge in [0.2, 0.25) is 0 Å². The Labute approximate surface area is 182 Å². The van der Waals surface area contributed by atoms with Crippen molar-refractivity contribution in [2.75, 3.05) is 0 Å². The number of benzene rings is 2. The molecule has 0 aliphatic heterocycles. The first-order valence-corrected chi connectivity index (χ1v) is 13.3. The third-order valence-corrected chi connectivity index (χ3v) is 7.08. The van der Waals surface area contributed by atoms with Gasteiger partial charge >= 0.3 is 0 Å². The summed E-state index contributed by atoms with van der Waals surface area (Å²) in [6.45, 7) is 4.57. The predicted octanol–water partition coefficient (Wildman–Crippen LogP) is 8.12. The lowest BCUT2D eigenvalue weighted by molar-refractivity contribution is 0.607. The van der Waals surface area contributed by atoms with Gasteiger partial charge in [-0.2, -0.15) is 0 Å². The van der Waals surface area contributed by atoms with Crippen LogP contribution in [0.15, 0.2) is 48.5 Å². The van der Waals surface area contributed by atoms with E-state index in [0.29, 0.717) is 0 Å². The van der Waals surface area contributed by atoms with Gasteiger partial charge in [-0.3, -0.25) is 0 Å². The molecule has 0 bridgehead atoms. The molecule has 2 aromatic carbocycles. The molecule has 0 nitrogen and oxygen atoms in total. The second kappa shape index (κ2) is 15.7. The quantitative estimate of drug-likeness (QED) is 0.194. The molecule has 1 heteroatoms. The molecule has 0 heterocycles. The molecule has 0 saturated heterocycles. The highest BCUT2D eigenvalue weighted by atomic mass is 31.1. The molecule has 0 saturated carbocycles. The number of unbranched alkanes of at least 4 members (excludes halogenated alkanes) is 10. The normalized spacial score (nSPS) is 11.1. The predicted molar refractivity (Wildman–Crippen MR) is 135 cm³/mol. The second-order valence-corrected chi connectivity index (χ2v) is 9.96. The molecular formula is C28H43P. The van der Waals surface area contributed by atoms with Crippen molar-refractivity contribution >= 4 is 19.2 Å². The van der Waals surface area contributed by atoms with Crippen molar-refractivity contribution in [3.63, 3.8) is 0 Å². The van der Waals surface area contributed by atoms with Crippen LogP contribution in [-0.4, -0.2) is 0 Å². The van der Waals surface area contributed by atoms with Gasteiger partial charge < -0.3 is 0 Å². The van der Waals surface area contributed by atoms with Gasteiger partial charge in [-0.05, 0) is 47.4 Å². The van der Waals surface area contributed by atoms with Crippen LogP contribution >= 0.6 is 8.58 Å². The molecule has 0 fully saturated rings. The maximum atomic E-state index is 2.35. The smallest absolute Gasteiger partial charge is 0.0226 e. The Kier molecular flexibility index (Phi) is 13.1. The first kappa shape index (κ1) is 24.1. The summed E-state index contributed by atoms with van der Waals surface area (Å²) in [4.78, 5) is 0. The maximum Gasteiger partial charge on any atom is -0.0226 e. The minimum atomic E-state index is 0.774. The SMILES string of the molecule is CCCCCCCCc1ccc(Pc2ccc(CCCCCCCC)cc2)cc1. The van der Waals surface area contributed by atoms with Crippen molar-refractivity contribution in [1.82, 2.24) is 0 Å². The third-order valence-electron chi connectivity index (χ3n) is 5.83. The van der Waals surface area contributed by atoms with E-state index in [1.54, 1.807) is 0 Å². The van der Waals surface area contributed by atoms with E-state index in [9.17, 15) is 0 Å². The fourth-order valence-electron chi connectivity index (χ4n) is 3.90. The zero-order chi connectivity index (χ0) is 20.6. The van der Waals surface area contributed by atoms with Crippen molar-refractivity contribution < 1.29 is 0 Å². The molecular weight excluding hydrogens is 367 g/mol. The van der Waals surface area contributed by atoms with Gasteiger partial charge in [-0.25, -0.2) is 0 Å². The highest BCUT2D eigenvalue weighted by molar-refractivity contribution is 7.55. The standard InChI is InChI=1S/C28H43P/c1-3-5-7-9-11-13-15-25-17-21-27(22-18-25)29-28-23-19-26(20-24-28)16-14-12-10-8-6-4-2/h17-24,29H,3-16H2,1-2H3. The molecule has 0 spiro atoms. The van der Waals surface area contributed by atoms with E-state index in [1.807, 2.05) is 0 Å². The van der Waals surface area contributed by atoms with E-state index in [2.05, 4.69) is 62.4 Å². The van der Waals surface area contributed by atoms with E-state index in [0.717, 1.165) is 8.58 Å². The summed E-state index contributed by atoms with van der Waals surface area (Å²) in [6, 6.07) is 18.8. The topological polar surface area (TPSA) is 0 Å². The number of aryl methyl sites for hydroxylation is 2. The lowest BCUT2D eigenvalue weighted by Crippen LogP contribution is -2.03. The molecule has 0 aliphatic carbocycles. The molecule has 0 radical (unpaired) electrons. The van der Waals surface area contributed by atoms with Crippen LogP contribution in [0.2, 0.25) is 0 Å². The molecule has 2 aromatic rings. The van der Waals surface area contributed by atoms with Crippen molar-refractivity contribution in [3.05, 3.63) is 59.7 Å². The number of rotatable bonds is 16. The Bertz CT molecular complexity index is 569. The Morgan fingerprint density at radius 2 is 0.793 bits per heavy atom. The average molecular weight is 411 g/mol. The molecule has 0 N–H and O–H groups in total. The maximum absolute atomic E-state index is 2.35. The minimum Gasteiger partial charge on any atom is -0.0654 e. The Morgan fingerprint density at radius 3 is 1.17 bits per heavy atom. The van der Waals surface area contributed by atoms with Crippen molar-refractivity contribution in [2.24, 2.45) is 0 Å². The first-order chi connectivity index (χ1) is 14.3. The molecule has 0 atom stereocenters. The Balaban J connectivity index is 1.66. The van der Waals surface area contributed by atoms with Crippen LogP contribution in [0.3, 0.4) is 0 Å². The molecule has 0 aromatic heterocycles. The minimum absolute atomic E-state index is 0.774. The van der Waals surface area contributed by atoms with Crippen LogP contribution in [0.4, 0.5) is 0 Å². The summed E-state index contributed by atoms with van der Waals surface area (Å²) in [5.41, 5.74) is 3.01. The van der Waals surface area contributed by atoms with E-state index >= 15 is 0 Å². The summed E-state index contributed by atoms with van der Waals surface area (Å²) in [6.07, 6.45) is 19.0. The van der Waals surface area contributed by atoms with Crippen LogP contribution < -0.4 is 10.6 Å². The monoisotopic (exact) mass is 410 g/mol. The van der Waals surface area contributed by atoms with E-state index < -0.39 is 0 Å². The van der Waals surface area contributed by atoms with Gasteiger partial charge in [0.05, 0.1) is 0 Å². The molecule has 160 valence electrons. The number of hydrogen-bond donors (Lipinski definition) is 0. The summed E-state index contributed by atoms with van der Waals surface area (Å²) >= 11 is 0. The fraction of sp³-hybridized carbons (Fsp3) is 0.571. The van der Waals surface area contributed by atoms with E-state index in [4.69, 9.17) is 0 Å². The van der Waals surface area contributed by atoms with Gasteiger partial charge in [-0.15, -0.1) is 0 Å². The lowest BCUT2D eigenvalue weighted by atomic mass is 10.1. The molecule has 0 unspecified atom stereocenters. The Morgan fingerprint density at radius 1 is 0.448 bits per heavy atom. The van der Waals surface area contributed by atoms with Gasteiger partial charge in [0, 0.05) is 0 Å². The largest absolute Gasteiger partial charge is 0.0654 e. The van der Waals surface area contributed by atoms with Crippen molar-refractivity contribution in [3.8, 4) is 0 Å². The van der Waals surface area contributed by atoms with Gasteiger partial charge in [0.25, 0.3) is 0 Å². The molecule has 29 heavy (non-hydrogen) atoms. The summed E-state index contributed by atoms with van der Waals surface area (Å²) < 4.78 is 0. The van der Waals surface area contributed by atoms with Crippen LogP contribution in [-0.2, 0) is 12.8 Å². The summed E-state index contributed by atoms with van der Waals surface area (Å²) in [7, 11) is 0.774. The van der Waals surface area contributed by atoms with E-state index in [-0.39, 0.29) is 0 Å². The van der Waals surface area contributed by atoms with E-state index in [1.165, 1.54) is 112 Å². The second-order valence-electron chi connectivity index (χ2n) is 8.55. The fourth-order valence-corrected chi connectivity index (χ4v) is 4.90. The average Bonchev–Trinajstić information content (AvgIpc) is 2.75. The molecule has 0 amide bonds. The van der Waals surface area contributed by atoms with Crippen LogP contribution in [0.5, 0.6) is 0 Å². The van der Waals surface area contributed by atoms with Crippen LogP contribution in [0.25, 0.3) is 0 Å². The van der Waals surface area contributed by atoms with Gasteiger partial charge in [0.15, 0.2) is 0 Å². The summed E-state index contributed by atoms with van der Waals surface area (Å²) in [5.74, 6) is 0. The van der Waals surface area contributed by atoms with Crippen molar-refractivity contribution in [2.45, 2.75) is 104 Å². The Hall–Kier alpha value is -1.13. The van der Waals surface area contributed by atoms with Crippen molar-refractivity contribution in [1.29, 1.82) is 0 Å². The third kappa shape index (κ3) is 11.0.